The molecular formula is C16H20N2O. The van der Waals surface area contributed by atoms with E-state index in [4.69, 9.17) is 4.74 Å². The van der Waals surface area contributed by atoms with Crippen molar-refractivity contribution >= 4 is 0 Å². The van der Waals surface area contributed by atoms with Gasteiger partial charge in [-0.2, -0.15) is 0 Å². The van der Waals surface area contributed by atoms with Gasteiger partial charge < -0.3 is 4.74 Å². The number of aryl methyl sites for hydroxylation is 2. The van der Waals surface area contributed by atoms with E-state index in [1.165, 1.54) is 22.3 Å². The van der Waals surface area contributed by atoms with Gasteiger partial charge in [-0.25, -0.2) is 0 Å². The van der Waals surface area contributed by atoms with Crippen molar-refractivity contribution < 1.29 is 4.74 Å². The highest BCUT2D eigenvalue weighted by molar-refractivity contribution is 5.28. The van der Waals surface area contributed by atoms with Crippen LogP contribution in [0.1, 0.15) is 33.6 Å². The van der Waals surface area contributed by atoms with Gasteiger partial charge in [0.25, 0.3) is 0 Å². The van der Waals surface area contributed by atoms with E-state index in [1.54, 1.807) is 0 Å². The first-order valence-electron chi connectivity index (χ1n) is 6.49. The Labute approximate surface area is 114 Å². The maximum absolute atomic E-state index is 5.82. The lowest BCUT2D eigenvalue weighted by molar-refractivity contribution is 0.106. The third-order valence-corrected chi connectivity index (χ3v) is 3.65. The fraction of sp³-hybridized carbons (Fsp3) is 0.375. The summed E-state index contributed by atoms with van der Waals surface area (Å²) in [6.07, 6.45) is 3.67. The molecule has 0 saturated heterocycles. The molecule has 0 spiro atoms. The molecule has 0 aliphatic heterocycles. The molecule has 0 radical (unpaired) electrons. The predicted molar refractivity (Wildman–Crippen MR) is 75.9 cm³/mol. The molecule has 2 aromatic heterocycles. The van der Waals surface area contributed by atoms with Crippen molar-refractivity contribution in [2.75, 3.05) is 0 Å². The molecule has 0 atom stereocenters. The zero-order valence-corrected chi connectivity index (χ0v) is 12.0. The molecule has 19 heavy (non-hydrogen) atoms. The highest BCUT2D eigenvalue weighted by Crippen LogP contribution is 2.15. The Morgan fingerprint density at radius 3 is 1.63 bits per heavy atom. The molecule has 3 heteroatoms. The summed E-state index contributed by atoms with van der Waals surface area (Å²) in [5.74, 6) is 0. The van der Waals surface area contributed by atoms with Gasteiger partial charge in [-0.3, -0.25) is 9.97 Å². The van der Waals surface area contributed by atoms with Crippen LogP contribution in [0.25, 0.3) is 0 Å². The van der Waals surface area contributed by atoms with Gasteiger partial charge in [-0.05, 0) is 62.1 Å². The second-order valence-corrected chi connectivity index (χ2v) is 4.85. The SMILES string of the molecule is Cc1nccc(COCc2ccnc(C)c2C)c1C. The summed E-state index contributed by atoms with van der Waals surface area (Å²) in [6, 6.07) is 4.04. The molecule has 0 amide bonds. The van der Waals surface area contributed by atoms with Crippen molar-refractivity contribution in [2.24, 2.45) is 0 Å². The van der Waals surface area contributed by atoms with Crippen molar-refractivity contribution in [1.29, 1.82) is 0 Å². The van der Waals surface area contributed by atoms with Crippen LogP contribution in [0, 0.1) is 27.7 Å². The minimum atomic E-state index is 0.621. The Bertz CT molecular complexity index is 527. The maximum atomic E-state index is 5.82. The molecule has 0 aliphatic carbocycles. The second kappa shape index (κ2) is 5.93. The number of pyridine rings is 2. The molecule has 0 aliphatic rings. The standard InChI is InChI=1S/C16H20N2O/c1-11-13(3)17-7-5-15(11)9-19-10-16-6-8-18-14(4)12(16)2/h5-8H,9-10H2,1-4H3. The Balaban J connectivity index is 2.00. The average molecular weight is 256 g/mol. The Kier molecular flexibility index (Phi) is 4.27. The molecule has 0 bridgehead atoms. The first kappa shape index (κ1) is 13.7. The van der Waals surface area contributed by atoms with Crippen LogP contribution in [0.5, 0.6) is 0 Å². The molecule has 100 valence electrons. The van der Waals surface area contributed by atoms with E-state index in [0.29, 0.717) is 13.2 Å². The predicted octanol–water partition coefficient (Wildman–Crippen LogP) is 3.43. The van der Waals surface area contributed by atoms with Crippen molar-refractivity contribution in [3.8, 4) is 0 Å². The van der Waals surface area contributed by atoms with Gasteiger partial charge in [0, 0.05) is 23.8 Å². The molecular weight excluding hydrogens is 236 g/mol. The van der Waals surface area contributed by atoms with Crippen molar-refractivity contribution in [1.82, 2.24) is 9.97 Å². The van der Waals surface area contributed by atoms with Crippen LogP contribution in [0.2, 0.25) is 0 Å². The summed E-state index contributed by atoms with van der Waals surface area (Å²) >= 11 is 0. The van der Waals surface area contributed by atoms with E-state index in [2.05, 4.69) is 23.8 Å². The Morgan fingerprint density at radius 1 is 0.789 bits per heavy atom. The first-order valence-corrected chi connectivity index (χ1v) is 6.49. The van der Waals surface area contributed by atoms with Gasteiger partial charge in [0.15, 0.2) is 0 Å². The summed E-state index contributed by atoms with van der Waals surface area (Å²) in [6.45, 7) is 9.46. The average Bonchev–Trinajstić information content (AvgIpc) is 2.39. The van der Waals surface area contributed by atoms with E-state index in [1.807, 2.05) is 38.4 Å². The molecule has 2 heterocycles. The van der Waals surface area contributed by atoms with Gasteiger partial charge in [-0.15, -0.1) is 0 Å². The second-order valence-electron chi connectivity index (χ2n) is 4.85. The molecule has 0 fully saturated rings. The van der Waals surface area contributed by atoms with E-state index in [0.717, 1.165) is 11.4 Å². The molecule has 0 saturated carbocycles. The molecule has 0 aromatic carbocycles. The van der Waals surface area contributed by atoms with Crippen LogP contribution in [0.4, 0.5) is 0 Å². The van der Waals surface area contributed by atoms with Crippen molar-refractivity contribution in [3.05, 3.63) is 58.2 Å². The van der Waals surface area contributed by atoms with E-state index in [-0.39, 0.29) is 0 Å². The number of hydrogen-bond acceptors (Lipinski definition) is 3. The topological polar surface area (TPSA) is 35.0 Å². The summed E-state index contributed by atoms with van der Waals surface area (Å²) < 4.78 is 5.82. The van der Waals surface area contributed by atoms with Gasteiger partial charge in [0.2, 0.25) is 0 Å². The third kappa shape index (κ3) is 3.18. The van der Waals surface area contributed by atoms with Gasteiger partial charge >= 0.3 is 0 Å². The highest BCUT2D eigenvalue weighted by Gasteiger charge is 2.04. The van der Waals surface area contributed by atoms with E-state index in [9.17, 15) is 0 Å². The fourth-order valence-corrected chi connectivity index (χ4v) is 1.97. The molecule has 3 nitrogen and oxygen atoms in total. The van der Waals surface area contributed by atoms with Crippen LogP contribution in [-0.4, -0.2) is 9.97 Å². The van der Waals surface area contributed by atoms with Gasteiger partial charge in [0.1, 0.15) is 0 Å². The minimum absolute atomic E-state index is 0.621. The van der Waals surface area contributed by atoms with Gasteiger partial charge in [-0.1, -0.05) is 0 Å². The summed E-state index contributed by atoms with van der Waals surface area (Å²) in [4.78, 5) is 8.53. The summed E-state index contributed by atoms with van der Waals surface area (Å²) in [5.41, 5.74) is 6.97. The number of aromatic nitrogens is 2. The number of ether oxygens (including phenoxy) is 1. The van der Waals surface area contributed by atoms with Crippen LogP contribution in [0.15, 0.2) is 24.5 Å². The van der Waals surface area contributed by atoms with Crippen LogP contribution < -0.4 is 0 Å². The van der Waals surface area contributed by atoms with E-state index >= 15 is 0 Å². The van der Waals surface area contributed by atoms with Crippen molar-refractivity contribution in [2.45, 2.75) is 40.9 Å². The lowest BCUT2D eigenvalue weighted by Gasteiger charge is -2.11. The number of rotatable bonds is 4. The zero-order chi connectivity index (χ0) is 13.8. The van der Waals surface area contributed by atoms with E-state index < -0.39 is 0 Å². The minimum Gasteiger partial charge on any atom is -0.372 e. The van der Waals surface area contributed by atoms with Crippen molar-refractivity contribution in [3.63, 3.8) is 0 Å². The molecule has 0 N–H and O–H groups in total. The summed E-state index contributed by atoms with van der Waals surface area (Å²) in [7, 11) is 0. The smallest absolute Gasteiger partial charge is 0.0725 e. The number of hydrogen-bond donors (Lipinski definition) is 0. The van der Waals surface area contributed by atoms with Crippen LogP contribution in [0.3, 0.4) is 0 Å². The number of nitrogens with zero attached hydrogens (tertiary/aromatic N) is 2. The molecule has 2 rings (SSSR count). The molecule has 0 unspecified atom stereocenters. The van der Waals surface area contributed by atoms with Crippen LogP contribution >= 0.6 is 0 Å². The zero-order valence-electron chi connectivity index (χ0n) is 12.0. The summed E-state index contributed by atoms with van der Waals surface area (Å²) in [5, 5.41) is 0. The largest absolute Gasteiger partial charge is 0.372 e. The Hall–Kier alpha value is -1.74. The normalized spacial score (nSPS) is 10.7. The third-order valence-electron chi connectivity index (χ3n) is 3.65. The Morgan fingerprint density at radius 2 is 1.21 bits per heavy atom. The first-order chi connectivity index (χ1) is 9.09. The lowest BCUT2D eigenvalue weighted by Crippen LogP contribution is -2.01. The maximum Gasteiger partial charge on any atom is 0.0725 e. The lowest BCUT2D eigenvalue weighted by atomic mass is 10.1. The molecule has 2 aromatic rings. The monoisotopic (exact) mass is 256 g/mol. The van der Waals surface area contributed by atoms with Gasteiger partial charge in [0.05, 0.1) is 13.2 Å². The fourth-order valence-electron chi connectivity index (χ4n) is 1.97. The highest BCUT2D eigenvalue weighted by atomic mass is 16.5. The quantitative estimate of drug-likeness (QED) is 0.840. The van der Waals surface area contributed by atoms with Crippen LogP contribution in [-0.2, 0) is 18.0 Å².